The molecule has 0 bridgehead atoms. The van der Waals surface area contributed by atoms with Gasteiger partial charge in [-0.05, 0) is 74.4 Å². The largest absolute Gasteiger partial charge is 0.423 e. The normalized spacial score (nSPS) is 23.8. The Morgan fingerprint density at radius 2 is 1.72 bits per heavy atom. The average Bonchev–Trinajstić information content (AvgIpc) is 2.95. The summed E-state index contributed by atoms with van der Waals surface area (Å²) in [5.74, 6) is -0.314. The predicted molar refractivity (Wildman–Crippen MR) is 110 cm³/mol. The van der Waals surface area contributed by atoms with Gasteiger partial charge in [-0.1, -0.05) is 25.1 Å². The molecule has 1 aliphatic heterocycles. The molecule has 2 amide bonds. The fourth-order valence-electron chi connectivity index (χ4n) is 4.41. The highest BCUT2D eigenvalue weighted by atomic mass is 16.5. The Kier molecular flexibility index (Phi) is 4.99. The Morgan fingerprint density at radius 1 is 1.00 bits per heavy atom. The van der Waals surface area contributed by atoms with Gasteiger partial charge in [0, 0.05) is 0 Å². The number of benzene rings is 2. The quantitative estimate of drug-likeness (QED) is 0.441. The molecule has 0 N–H and O–H groups in total. The molecule has 2 aromatic carbocycles. The van der Waals surface area contributed by atoms with Crippen LogP contribution in [0, 0.1) is 31.6 Å². The van der Waals surface area contributed by atoms with E-state index in [9.17, 15) is 14.4 Å². The van der Waals surface area contributed by atoms with E-state index in [1.165, 1.54) is 4.90 Å². The number of fused-ring (bicyclic) bond motifs is 1. The number of rotatable bonds is 3. The van der Waals surface area contributed by atoms with Gasteiger partial charge in [-0.3, -0.25) is 14.5 Å². The van der Waals surface area contributed by atoms with Crippen molar-refractivity contribution in [1.82, 2.24) is 0 Å². The number of amides is 2. The Bertz CT molecular complexity index is 996. The minimum atomic E-state index is -0.509. The summed E-state index contributed by atoms with van der Waals surface area (Å²) in [5.41, 5.74) is 2.69. The number of imide groups is 1. The Labute approximate surface area is 170 Å². The summed E-state index contributed by atoms with van der Waals surface area (Å²) in [4.78, 5) is 39.8. The molecule has 2 aromatic rings. The fraction of sp³-hybridized carbons (Fsp3) is 0.375. The molecule has 2 fully saturated rings. The summed E-state index contributed by atoms with van der Waals surface area (Å²) >= 11 is 0. The second-order valence-electron chi connectivity index (χ2n) is 8.28. The van der Waals surface area contributed by atoms with Gasteiger partial charge in [0.25, 0.3) is 0 Å². The SMILES string of the molecule is Cc1cccc(OC(=O)c2cccc(N3C(=O)[C@H]4CC[C@H](C)C[C@H]4C3=O)c2)c1C. The van der Waals surface area contributed by atoms with Crippen molar-refractivity contribution in [3.8, 4) is 5.75 Å². The topological polar surface area (TPSA) is 63.7 Å². The van der Waals surface area contributed by atoms with Crippen LogP contribution in [0.15, 0.2) is 42.5 Å². The molecule has 3 atom stereocenters. The zero-order chi connectivity index (χ0) is 20.7. The summed E-state index contributed by atoms with van der Waals surface area (Å²) < 4.78 is 5.56. The maximum atomic E-state index is 12.9. The molecule has 1 heterocycles. The smallest absolute Gasteiger partial charge is 0.343 e. The zero-order valence-corrected chi connectivity index (χ0v) is 17.0. The lowest BCUT2D eigenvalue weighted by atomic mass is 9.76. The molecule has 4 rings (SSSR count). The third-order valence-electron chi connectivity index (χ3n) is 6.29. The molecule has 0 aromatic heterocycles. The molecule has 5 heteroatoms. The molecular formula is C24H25NO4. The maximum absolute atomic E-state index is 12.9. The molecule has 0 unspecified atom stereocenters. The maximum Gasteiger partial charge on any atom is 0.343 e. The Balaban J connectivity index is 1.59. The summed E-state index contributed by atoms with van der Waals surface area (Å²) in [5, 5.41) is 0. The number of nitrogens with zero attached hydrogens (tertiary/aromatic N) is 1. The second kappa shape index (κ2) is 7.47. The van der Waals surface area contributed by atoms with Gasteiger partial charge in [0.1, 0.15) is 5.75 Å². The predicted octanol–water partition coefficient (Wildman–Crippen LogP) is 4.45. The van der Waals surface area contributed by atoms with Crippen LogP contribution in [-0.4, -0.2) is 17.8 Å². The Hall–Kier alpha value is -2.95. The minimum Gasteiger partial charge on any atom is -0.423 e. The molecule has 150 valence electrons. The molecule has 1 aliphatic carbocycles. The summed E-state index contributed by atoms with van der Waals surface area (Å²) in [6.45, 7) is 5.98. The van der Waals surface area contributed by atoms with E-state index in [2.05, 4.69) is 6.92 Å². The minimum absolute atomic E-state index is 0.146. The van der Waals surface area contributed by atoms with E-state index in [4.69, 9.17) is 4.74 Å². The van der Waals surface area contributed by atoms with E-state index in [1.54, 1.807) is 30.3 Å². The van der Waals surface area contributed by atoms with Gasteiger partial charge in [-0.15, -0.1) is 0 Å². The first-order valence-electron chi connectivity index (χ1n) is 10.1. The van der Waals surface area contributed by atoms with Crippen LogP contribution < -0.4 is 9.64 Å². The van der Waals surface area contributed by atoms with E-state index in [0.717, 1.165) is 30.4 Å². The van der Waals surface area contributed by atoms with Crippen molar-refractivity contribution in [3.63, 3.8) is 0 Å². The van der Waals surface area contributed by atoms with Crippen molar-refractivity contribution in [2.75, 3.05) is 4.90 Å². The van der Waals surface area contributed by atoms with Crippen molar-refractivity contribution in [3.05, 3.63) is 59.2 Å². The number of hydrogen-bond acceptors (Lipinski definition) is 4. The highest BCUT2D eigenvalue weighted by Gasteiger charge is 2.50. The van der Waals surface area contributed by atoms with Crippen LogP contribution in [-0.2, 0) is 9.59 Å². The first-order valence-corrected chi connectivity index (χ1v) is 10.1. The number of anilines is 1. The zero-order valence-electron chi connectivity index (χ0n) is 17.0. The van der Waals surface area contributed by atoms with Gasteiger partial charge in [0.05, 0.1) is 23.1 Å². The molecule has 2 aliphatic rings. The number of aryl methyl sites for hydroxylation is 1. The van der Waals surface area contributed by atoms with Crippen LogP contribution in [0.1, 0.15) is 47.7 Å². The van der Waals surface area contributed by atoms with E-state index in [0.29, 0.717) is 22.9 Å². The monoisotopic (exact) mass is 391 g/mol. The molecule has 1 saturated heterocycles. The molecule has 0 spiro atoms. The highest BCUT2D eigenvalue weighted by Crippen LogP contribution is 2.42. The van der Waals surface area contributed by atoms with Gasteiger partial charge >= 0.3 is 5.97 Å². The van der Waals surface area contributed by atoms with Crippen LogP contribution in [0.5, 0.6) is 5.75 Å². The molecular weight excluding hydrogens is 366 g/mol. The van der Waals surface area contributed by atoms with Crippen molar-refractivity contribution < 1.29 is 19.1 Å². The van der Waals surface area contributed by atoms with Gasteiger partial charge in [0.2, 0.25) is 11.8 Å². The molecule has 5 nitrogen and oxygen atoms in total. The molecule has 0 radical (unpaired) electrons. The molecule has 1 saturated carbocycles. The van der Waals surface area contributed by atoms with Crippen LogP contribution in [0.25, 0.3) is 0 Å². The molecule has 29 heavy (non-hydrogen) atoms. The number of esters is 1. The Morgan fingerprint density at radius 3 is 2.52 bits per heavy atom. The van der Waals surface area contributed by atoms with Crippen molar-refractivity contribution in [1.29, 1.82) is 0 Å². The lowest BCUT2D eigenvalue weighted by Crippen LogP contribution is -2.31. The highest BCUT2D eigenvalue weighted by molar-refractivity contribution is 6.22. The van der Waals surface area contributed by atoms with Crippen molar-refractivity contribution in [2.45, 2.75) is 40.0 Å². The third kappa shape index (κ3) is 3.46. The van der Waals surface area contributed by atoms with Gasteiger partial charge in [-0.2, -0.15) is 0 Å². The van der Waals surface area contributed by atoms with Crippen LogP contribution in [0.4, 0.5) is 5.69 Å². The van der Waals surface area contributed by atoms with Crippen LogP contribution in [0.3, 0.4) is 0 Å². The van der Waals surface area contributed by atoms with Crippen LogP contribution >= 0.6 is 0 Å². The summed E-state index contributed by atoms with van der Waals surface area (Å²) in [6.07, 6.45) is 2.47. The number of hydrogen-bond donors (Lipinski definition) is 0. The first kappa shape index (κ1) is 19.4. The van der Waals surface area contributed by atoms with Crippen molar-refractivity contribution >= 4 is 23.5 Å². The second-order valence-corrected chi connectivity index (χ2v) is 8.28. The van der Waals surface area contributed by atoms with Crippen LogP contribution in [0.2, 0.25) is 0 Å². The van der Waals surface area contributed by atoms with E-state index >= 15 is 0 Å². The number of carbonyl (C=O) groups is 3. The third-order valence-corrected chi connectivity index (χ3v) is 6.29. The number of carbonyl (C=O) groups excluding carboxylic acids is 3. The van der Waals surface area contributed by atoms with Gasteiger partial charge < -0.3 is 4.74 Å². The first-order chi connectivity index (χ1) is 13.9. The fourth-order valence-corrected chi connectivity index (χ4v) is 4.41. The lowest BCUT2D eigenvalue weighted by Gasteiger charge is -2.25. The lowest BCUT2D eigenvalue weighted by molar-refractivity contribution is -0.122. The van der Waals surface area contributed by atoms with E-state index in [1.807, 2.05) is 26.0 Å². The van der Waals surface area contributed by atoms with Crippen molar-refractivity contribution in [2.24, 2.45) is 17.8 Å². The van der Waals surface area contributed by atoms with E-state index < -0.39 is 5.97 Å². The standard InChI is InChI=1S/C24H25NO4/c1-14-10-11-19-20(12-14)23(27)25(22(19)26)18-8-5-7-17(13-18)24(28)29-21-9-4-6-15(2)16(21)3/h4-9,13-14,19-20H,10-12H2,1-3H3/t14-,19-,20+/m0/s1. The van der Waals surface area contributed by atoms with E-state index in [-0.39, 0.29) is 23.7 Å². The van der Waals surface area contributed by atoms with Gasteiger partial charge in [-0.25, -0.2) is 4.79 Å². The average molecular weight is 391 g/mol. The summed E-state index contributed by atoms with van der Waals surface area (Å²) in [6, 6.07) is 12.1. The summed E-state index contributed by atoms with van der Waals surface area (Å²) in [7, 11) is 0. The number of ether oxygens (including phenoxy) is 1. The van der Waals surface area contributed by atoms with Gasteiger partial charge in [0.15, 0.2) is 0 Å².